The van der Waals surface area contributed by atoms with Crippen LogP contribution in [0.15, 0.2) is 12.1 Å². The number of carbonyl (C=O) groups excluding carboxylic acids is 1. The first-order chi connectivity index (χ1) is 8.18. The summed E-state index contributed by atoms with van der Waals surface area (Å²) in [7, 11) is 0.981. The van der Waals surface area contributed by atoms with Crippen LogP contribution in [0, 0.1) is 5.82 Å². The minimum absolute atomic E-state index is 0. The molecule has 0 spiro atoms. The van der Waals surface area contributed by atoms with Crippen LogP contribution in [-0.4, -0.2) is 13.1 Å². The summed E-state index contributed by atoms with van der Waals surface area (Å²) in [6.07, 6.45) is -4.72. The number of rotatable bonds is 2. The average molecular weight is 322 g/mol. The van der Waals surface area contributed by atoms with Crippen molar-refractivity contribution in [2.75, 3.05) is 7.11 Å². The number of carbonyl (C=O) groups is 1. The molecule has 19 heavy (non-hydrogen) atoms. The van der Waals surface area contributed by atoms with Crippen LogP contribution in [0.4, 0.5) is 17.6 Å². The van der Waals surface area contributed by atoms with Gasteiger partial charge in [0.05, 0.1) is 17.7 Å². The number of hydrogen-bond acceptors (Lipinski definition) is 3. The Labute approximate surface area is 117 Å². The monoisotopic (exact) mass is 321 g/mol. The van der Waals surface area contributed by atoms with E-state index in [0.717, 1.165) is 7.11 Å². The lowest BCUT2D eigenvalue weighted by Crippen LogP contribution is -2.24. The van der Waals surface area contributed by atoms with Crippen LogP contribution in [-0.2, 0) is 15.7 Å². The van der Waals surface area contributed by atoms with Crippen LogP contribution in [0.25, 0.3) is 0 Å². The summed E-state index contributed by atoms with van der Waals surface area (Å²) < 4.78 is 55.2. The van der Waals surface area contributed by atoms with E-state index < -0.39 is 40.2 Å². The molecule has 0 amide bonds. The normalized spacial score (nSPS) is 12.6. The van der Waals surface area contributed by atoms with E-state index in [0.29, 0.717) is 12.1 Å². The highest BCUT2D eigenvalue weighted by molar-refractivity contribution is 6.30. The van der Waals surface area contributed by atoms with E-state index in [1.807, 2.05) is 0 Å². The Hall–Kier alpha value is -1.05. The molecule has 1 aromatic rings. The zero-order chi connectivity index (χ0) is 14.1. The van der Waals surface area contributed by atoms with E-state index in [1.165, 1.54) is 0 Å². The summed E-state index contributed by atoms with van der Waals surface area (Å²) in [5, 5.41) is -0.765. The third-order valence-corrected chi connectivity index (χ3v) is 2.45. The molecule has 1 atom stereocenters. The van der Waals surface area contributed by atoms with Crippen LogP contribution in [0.3, 0.4) is 0 Å². The number of hydrogen-bond donors (Lipinski definition) is 1. The lowest BCUT2D eigenvalue weighted by molar-refractivity contribution is -0.143. The Kier molecular flexibility index (Phi) is 6.05. The molecule has 0 aliphatic rings. The molecular formula is C10H9Cl2F4NO2. The molecule has 2 N–H and O–H groups in total. The van der Waals surface area contributed by atoms with Gasteiger partial charge in [0, 0.05) is 5.56 Å². The summed E-state index contributed by atoms with van der Waals surface area (Å²) >= 11 is 5.33. The first-order valence-corrected chi connectivity index (χ1v) is 4.95. The number of nitrogens with two attached hydrogens (primary N) is 1. The predicted octanol–water partition coefficient (Wildman–Crippen LogP) is 3.09. The van der Waals surface area contributed by atoms with E-state index in [-0.39, 0.29) is 12.4 Å². The van der Waals surface area contributed by atoms with Crippen molar-refractivity contribution in [2.24, 2.45) is 5.73 Å². The largest absolute Gasteiger partial charge is 0.468 e. The van der Waals surface area contributed by atoms with Crippen molar-refractivity contribution in [3.63, 3.8) is 0 Å². The Balaban J connectivity index is 0.00000324. The molecule has 108 valence electrons. The smallest absolute Gasteiger partial charge is 0.416 e. The molecule has 0 radical (unpaired) electrons. The highest BCUT2D eigenvalue weighted by Gasteiger charge is 2.34. The van der Waals surface area contributed by atoms with Gasteiger partial charge in [-0.2, -0.15) is 13.2 Å². The minimum atomic E-state index is -4.72. The van der Waals surface area contributed by atoms with Gasteiger partial charge in [0.15, 0.2) is 0 Å². The third kappa shape index (κ3) is 3.95. The molecule has 1 aromatic carbocycles. The third-order valence-electron chi connectivity index (χ3n) is 2.17. The van der Waals surface area contributed by atoms with Crippen molar-refractivity contribution < 1.29 is 27.1 Å². The van der Waals surface area contributed by atoms with Crippen LogP contribution < -0.4 is 5.73 Å². The topological polar surface area (TPSA) is 52.3 Å². The van der Waals surface area contributed by atoms with Gasteiger partial charge in [-0.05, 0) is 12.1 Å². The standard InChI is InChI=1S/C10H8ClF4NO2.ClH/c1-18-9(17)8(16)5-2-4(10(13,14)15)3-6(11)7(5)12;/h2-3,8H,16H2,1H3;1H/t8-;/m1./s1. The molecule has 0 saturated carbocycles. The number of benzene rings is 1. The van der Waals surface area contributed by atoms with Crippen LogP contribution in [0.2, 0.25) is 5.02 Å². The van der Waals surface area contributed by atoms with Crippen LogP contribution >= 0.6 is 24.0 Å². The molecule has 0 fully saturated rings. The number of halogens is 6. The molecule has 9 heteroatoms. The van der Waals surface area contributed by atoms with E-state index in [2.05, 4.69) is 4.74 Å². The van der Waals surface area contributed by atoms with E-state index >= 15 is 0 Å². The quantitative estimate of drug-likeness (QED) is 0.672. The number of methoxy groups -OCH3 is 1. The number of alkyl halides is 3. The zero-order valence-corrected chi connectivity index (χ0v) is 11.0. The Morgan fingerprint density at radius 1 is 1.42 bits per heavy atom. The van der Waals surface area contributed by atoms with Crippen LogP contribution in [0.1, 0.15) is 17.2 Å². The fraction of sp³-hybridized carbons (Fsp3) is 0.300. The second kappa shape index (κ2) is 6.40. The molecule has 0 heterocycles. The highest BCUT2D eigenvalue weighted by atomic mass is 35.5. The van der Waals surface area contributed by atoms with Gasteiger partial charge in [0.1, 0.15) is 11.9 Å². The maximum absolute atomic E-state index is 13.5. The second-order valence-corrected chi connectivity index (χ2v) is 3.77. The van der Waals surface area contributed by atoms with E-state index in [9.17, 15) is 22.4 Å². The molecule has 0 bridgehead atoms. The highest BCUT2D eigenvalue weighted by Crippen LogP contribution is 2.34. The summed E-state index contributed by atoms with van der Waals surface area (Å²) in [6, 6.07) is -0.817. The van der Waals surface area contributed by atoms with Crippen LogP contribution in [0.5, 0.6) is 0 Å². The summed E-state index contributed by atoms with van der Waals surface area (Å²) in [5.41, 5.74) is 3.43. The Bertz CT molecular complexity index is 479. The van der Waals surface area contributed by atoms with Crippen molar-refractivity contribution >= 4 is 30.0 Å². The molecule has 0 aliphatic heterocycles. The van der Waals surface area contributed by atoms with Crippen molar-refractivity contribution in [3.05, 3.63) is 34.1 Å². The van der Waals surface area contributed by atoms with Gasteiger partial charge in [-0.3, -0.25) is 4.79 Å². The molecule has 0 aromatic heterocycles. The average Bonchev–Trinajstić information content (AvgIpc) is 2.29. The van der Waals surface area contributed by atoms with Crippen molar-refractivity contribution in [1.82, 2.24) is 0 Å². The first-order valence-electron chi connectivity index (χ1n) is 4.58. The fourth-order valence-electron chi connectivity index (χ4n) is 1.25. The molecule has 0 aliphatic carbocycles. The lowest BCUT2D eigenvalue weighted by Gasteiger charge is -2.14. The molecule has 1 rings (SSSR count). The SMILES string of the molecule is COC(=O)[C@H](N)c1cc(C(F)(F)F)cc(Cl)c1F.Cl. The number of ether oxygens (including phenoxy) is 1. The van der Waals surface area contributed by atoms with E-state index in [1.54, 1.807) is 0 Å². The van der Waals surface area contributed by atoms with Gasteiger partial charge in [0.25, 0.3) is 0 Å². The lowest BCUT2D eigenvalue weighted by atomic mass is 10.0. The molecule has 0 saturated heterocycles. The van der Waals surface area contributed by atoms with Crippen molar-refractivity contribution in [2.45, 2.75) is 12.2 Å². The fourth-order valence-corrected chi connectivity index (χ4v) is 1.48. The van der Waals surface area contributed by atoms with Gasteiger partial charge < -0.3 is 10.5 Å². The predicted molar refractivity (Wildman–Crippen MR) is 62.6 cm³/mol. The number of esters is 1. The van der Waals surface area contributed by atoms with Gasteiger partial charge in [-0.1, -0.05) is 11.6 Å². The summed E-state index contributed by atoms with van der Waals surface area (Å²) in [4.78, 5) is 11.1. The van der Waals surface area contributed by atoms with Gasteiger partial charge in [0.2, 0.25) is 0 Å². The summed E-state index contributed by atoms with van der Waals surface area (Å²) in [6.45, 7) is 0. The van der Waals surface area contributed by atoms with Gasteiger partial charge in [-0.15, -0.1) is 12.4 Å². The zero-order valence-electron chi connectivity index (χ0n) is 9.42. The van der Waals surface area contributed by atoms with Crippen molar-refractivity contribution in [1.29, 1.82) is 0 Å². The molecule has 3 nitrogen and oxygen atoms in total. The van der Waals surface area contributed by atoms with Crippen molar-refractivity contribution in [3.8, 4) is 0 Å². The summed E-state index contributed by atoms with van der Waals surface area (Å²) in [5.74, 6) is -2.24. The van der Waals surface area contributed by atoms with Gasteiger partial charge >= 0.3 is 12.1 Å². The Morgan fingerprint density at radius 3 is 2.37 bits per heavy atom. The maximum atomic E-state index is 13.5. The van der Waals surface area contributed by atoms with Gasteiger partial charge in [-0.25, -0.2) is 4.39 Å². The minimum Gasteiger partial charge on any atom is -0.468 e. The van der Waals surface area contributed by atoms with E-state index in [4.69, 9.17) is 17.3 Å². The molecular weight excluding hydrogens is 313 g/mol. The molecule has 0 unspecified atom stereocenters. The first kappa shape index (κ1) is 17.9. The maximum Gasteiger partial charge on any atom is 0.416 e. The Morgan fingerprint density at radius 2 is 1.95 bits per heavy atom. The second-order valence-electron chi connectivity index (χ2n) is 3.36.